The van der Waals surface area contributed by atoms with Crippen molar-refractivity contribution in [2.24, 2.45) is 0 Å². The fourth-order valence-electron chi connectivity index (χ4n) is 4.42. The highest BCUT2D eigenvalue weighted by molar-refractivity contribution is 5.66. The standard InChI is InChI=1S/C18H34N2O3/c1-17(2,3)20(16(21)22)14-8-12-19(13-9-14)18(4)10-6-15(23-5)7-11-18/h14-15H,6-13H2,1-5H3,(H,21,22). The number of rotatable bonds is 3. The number of carboxylic acid groups (broad SMARTS) is 1. The Balaban J connectivity index is 1.94. The molecule has 23 heavy (non-hydrogen) atoms. The molecule has 2 aliphatic rings. The maximum absolute atomic E-state index is 11.7. The highest BCUT2D eigenvalue weighted by Crippen LogP contribution is 2.37. The topological polar surface area (TPSA) is 53.0 Å². The van der Waals surface area contributed by atoms with Crippen molar-refractivity contribution in [1.29, 1.82) is 0 Å². The number of ether oxygens (including phenoxy) is 1. The molecule has 1 aliphatic carbocycles. The Morgan fingerprint density at radius 3 is 2.09 bits per heavy atom. The van der Waals surface area contributed by atoms with Gasteiger partial charge in [0.05, 0.1) is 6.10 Å². The van der Waals surface area contributed by atoms with E-state index in [-0.39, 0.29) is 17.1 Å². The maximum atomic E-state index is 11.7. The molecule has 5 nitrogen and oxygen atoms in total. The Kier molecular flexibility index (Phi) is 5.62. The van der Waals surface area contributed by atoms with E-state index in [4.69, 9.17) is 4.74 Å². The summed E-state index contributed by atoms with van der Waals surface area (Å²) in [6, 6.07) is 0.141. The van der Waals surface area contributed by atoms with Crippen LogP contribution < -0.4 is 0 Å². The van der Waals surface area contributed by atoms with Crippen LogP contribution in [-0.4, -0.2) is 64.4 Å². The van der Waals surface area contributed by atoms with E-state index in [1.807, 2.05) is 27.9 Å². The fraction of sp³-hybridized carbons (Fsp3) is 0.944. The van der Waals surface area contributed by atoms with Crippen LogP contribution in [0.1, 0.15) is 66.2 Å². The molecule has 1 amide bonds. The quantitative estimate of drug-likeness (QED) is 0.861. The smallest absolute Gasteiger partial charge is 0.407 e. The first-order chi connectivity index (χ1) is 10.7. The third-order valence-electron chi connectivity index (χ3n) is 5.86. The second-order valence-electron chi connectivity index (χ2n) is 8.47. The number of piperidine rings is 1. The molecule has 0 aromatic carbocycles. The van der Waals surface area contributed by atoms with Crippen molar-refractivity contribution in [2.45, 2.75) is 89.4 Å². The van der Waals surface area contributed by atoms with Gasteiger partial charge in [-0.2, -0.15) is 0 Å². The minimum atomic E-state index is -0.789. The minimum absolute atomic E-state index is 0.141. The van der Waals surface area contributed by atoms with Crippen molar-refractivity contribution in [3.8, 4) is 0 Å². The van der Waals surface area contributed by atoms with Crippen LogP contribution in [0.5, 0.6) is 0 Å². The molecule has 2 fully saturated rings. The van der Waals surface area contributed by atoms with Gasteiger partial charge in [0.2, 0.25) is 0 Å². The second-order valence-corrected chi connectivity index (χ2v) is 8.47. The van der Waals surface area contributed by atoms with Crippen molar-refractivity contribution >= 4 is 6.09 Å². The van der Waals surface area contributed by atoms with E-state index in [2.05, 4.69) is 11.8 Å². The Morgan fingerprint density at radius 2 is 1.70 bits per heavy atom. The van der Waals surface area contributed by atoms with Gasteiger partial charge in [0, 0.05) is 37.3 Å². The van der Waals surface area contributed by atoms with E-state index in [0.29, 0.717) is 6.10 Å². The zero-order valence-electron chi connectivity index (χ0n) is 15.5. The molecule has 0 unspecified atom stereocenters. The third kappa shape index (κ3) is 4.18. The summed E-state index contributed by atoms with van der Waals surface area (Å²) in [5.41, 5.74) is -0.0745. The first kappa shape index (κ1) is 18.5. The summed E-state index contributed by atoms with van der Waals surface area (Å²) in [5, 5.41) is 9.58. The summed E-state index contributed by atoms with van der Waals surface area (Å²) < 4.78 is 5.49. The van der Waals surface area contributed by atoms with Crippen LogP contribution in [0, 0.1) is 0 Å². The largest absolute Gasteiger partial charge is 0.465 e. The van der Waals surface area contributed by atoms with Crippen LogP contribution in [0.2, 0.25) is 0 Å². The normalized spacial score (nSPS) is 31.1. The summed E-state index contributed by atoms with van der Waals surface area (Å²) in [5.74, 6) is 0. The van der Waals surface area contributed by atoms with Gasteiger partial charge in [-0.05, 0) is 66.2 Å². The number of carbonyl (C=O) groups is 1. The predicted molar refractivity (Wildman–Crippen MR) is 91.9 cm³/mol. The molecule has 0 bridgehead atoms. The molecule has 1 aliphatic heterocycles. The summed E-state index contributed by atoms with van der Waals surface area (Å²) in [7, 11) is 1.81. The first-order valence-electron chi connectivity index (χ1n) is 8.97. The molecule has 1 saturated carbocycles. The number of likely N-dealkylation sites (tertiary alicyclic amines) is 1. The highest BCUT2D eigenvalue weighted by atomic mass is 16.5. The van der Waals surface area contributed by atoms with Gasteiger partial charge in [0.25, 0.3) is 0 Å². The van der Waals surface area contributed by atoms with Gasteiger partial charge in [0.1, 0.15) is 0 Å². The number of nitrogens with zero attached hydrogens (tertiary/aromatic N) is 2. The molecule has 0 aromatic rings. The molecule has 1 saturated heterocycles. The molecule has 0 radical (unpaired) electrons. The van der Waals surface area contributed by atoms with Crippen LogP contribution in [0.15, 0.2) is 0 Å². The Labute approximate surface area is 141 Å². The van der Waals surface area contributed by atoms with Crippen LogP contribution in [0.25, 0.3) is 0 Å². The Morgan fingerprint density at radius 1 is 1.17 bits per heavy atom. The number of methoxy groups -OCH3 is 1. The zero-order valence-corrected chi connectivity index (χ0v) is 15.5. The number of hydrogen-bond acceptors (Lipinski definition) is 3. The summed E-state index contributed by atoms with van der Waals surface area (Å²) >= 11 is 0. The van der Waals surface area contributed by atoms with Crippen molar-refractivity contribution in [2.75, 3.05) is 20.2 Å². The highest BCUT2D eigenvalue weighted by Gasteiger charge is 2.41. The molecule has 1 heterocycles. The molecular formula is C18H34N2O3. The molecule has 2 rings (SSSR count). The second kappa shape index (κ2) is 6.98. The summed E-state index contributed by atoms with van der Waals surface area (Å²) in [6.07, 6.45) is 6.13. The van der Waals surface area contributed by atoms with Gasteiger partial charge in [-0.1, -0.05) is 0 Å². The number of hydrogen-bond donors (Lipinski definition) is 1. The lowest BCUT2D eigenvalue weighted by Crippen LogP contribution is -2.58. The molecule has 134 valence electrons. The fourth-order valence-corrected chi connectivity index (χ4v) is 4.42. The van der Waals surface area contributed by atoms with Crippen LogP contribution in [0.3, 0.4) is 0 Å². The maximum Gasteiger partial charge on any atom is 0.407 e. The average Bonchev–Trinajstić information content (AvgIpc) is 2.47. The van der Waals surface area contributed by atoms with E-state index in [9.17, 15) is 9.90 Å². The predicted octanol–water partition coefficient (Wildman–Crippen LogP) is 3.58. The lowest BCUT2D eigenvalue weighted by atomic mass is 9.79. The lowest BCUT2D eigenvalue weighted by Gasteiger charge is -2.50. The van der Waals surface area contributed by atoms with E-state index in [1.165, 1.54) is 12.8 Å². The Hall–Kier alpha value is -0.810. The third-order valence-corrected chi connectivity index (χ3v) is 5.86. The van der Waals surface area contributed by atoms with Gasteiger partial charge in [0.15, 0.2) is 0 Å². The molecule has 1 N–H and O–H groups in total. The minimum Gasteiger partial charge on any atom is -0.465 e. The monoisotopic (exact) mass is 326 g/mol. The van der Waals surface area contributed by atoms with Crippen molar-refractivity contribution in [3.05, 3.63) is 0 Å². The van der Waals surface area contributed by atoms with Crippen LogP contribution in [0.4, 0.5) is 4.79 Å². The van der Waals surface area contributed by atoms with Gasteiger partial charge in [-0.25, -0.2) is 4.79 Å². The number of amides is 1. The molecule has 0 spiro atoms. The zero-order chi connectivity index (χ0) is 17.3. The molecular weight excluding hydrogens is 292 g/mol. The summed E-state index contributed by atoms with van der Waals surface area (Å²) in [4.78, 5) is 15.9. The van der Waals surface area contributed by atoms with E-state index in [1.54, 1.807) is 4.90 Å². The molecule has 5 heteroatoms. The van der Waals surface area contributed by atoms with E-state index < -0.39 is 6.09 Å². The van der Waals surface area contributed by atoms with Gasteiger partial charge in [-0.3, -0.25) is 4.90 Å². The van der Waals surface area contributed by atoms with E-state index in [0.717, 1.165) is 38.8 Å². The van der Waals surface area contributed by atoms with Crippen molar-refractivity contribution in [3.63, 3.8) is 0 Å². The molecule has 0 aromatic heterocycles. The van der Waals surface area contributed by atoms with E-state index >= 15 is 0 Å². The van der Waals surface area contributed by atoms with Crippen molar-refractivity contribution < 1.29 is 14.6 Å². The van der Waals surface area contributed by atoms with Crippen LogP contribution >= 0.6 is 0 Å². The van der Waals surface area contributed by atoms with Crippen LogP contribution in [-0.2, 0) is 4.74 Å². The van der Waals surface area contributed by atoms with Gasteiger partial charge >= 0.3 is 6.09 Å². The average molecular weight is 326 g/mol. The summed E-state index contributed by atoms with van der Waals surface area (Å²) in [6.45, 7) is 10.3. The van der Waals surface area contributed by atoms with Crippen molar-refractivity contribution in [1.82, 2.24) is 9.80 Å². The lowest BCUT2D eigenvalue weighted by molar-refractivity contribution is -0.0272. The molecule has 0 atom stereocenters. The first-order valence-corrected chi connectivity index (χ1v) is 8.97. The Bertz CT molecular complexity index is 403. The SMILES string of the molecule is COC1CCC(C)(N2CCC(N(C(=O)O)C(C)(C)C)CC2)CC1. The van der Waals surface area contributed by atoms with Gasteiger partial charge < -0.3 is 14.7 Å². The van der Waals surface area contributed by atoms with Gasteiger partial charge in [-0.15, -0.1) is 0 Å².